The maximum atomic E-state index is 5.46. The molecule has 20 heavy (non-hydrogen) atoms. The third kappa shape index (κ3) is 2.78. The van der Waals surface area contributed by atoms with E-state index in [1.165, 1.54) is 30.4 Å². The van der Waals surface area contributed by atoms with Crippen LogP contribution in [0.25, 0.3) is 0 Å². The minimum absolute atomic E-state index is 0.396. The predicted molar refractivity (Wildman–Crippen MR) is 82.6 cm³/mol. The van der Waals surface area contributed by atoms with Crippen molar-refractivity contribution in [1.82, 2.24) is 5.32 Å². The van der Waals surface area contributed by atoms with Gasteiger partial charge in [0, 0.05) is 6.04 Å². The van der Waals surface area contributed by atoms with Crippen LogP contribution in [-0.2, 0) is 0 Å². The lowest BCUT2D eigenvalue weighted by molar-refractivity contribution is 0.311. The van der Waals surface area contributed by atoms with Crippen LogP contribution in [0.4, 0.5) is 0 Å². The van der Waals surface area contributed by atoms with Crippen LogP contribution in [0.5, 0.6) is 11.5 Å². The Balaban J connectivity index is 2.38. The second-order valence-corrected chi connectivity index (χ2v) is 5.90. The van der Waals surface area contributed by atoms with Gasteiger partial charge in [-0.3, -0.25) is 0 Å². The topological polar surface area (TPSA) is 30.5 Å². The van der Waals surface area contributed by atoms with Gasteiger partial charge in [-0.25, -0.2) is 0 Å². The molecule has 3 unspecified atom stereocenters. The molecule has 0 aliphatic heterocycles. The van der Waals surface area contributed by atoms with E-state index in [0.717, 1.165) is 17.4 Å². The quantitative estimate of drug-likeness (QED) is 0.890. The minimum atomic E-state index is 0.396. The number of ether oxygens (including phenoxy) is 2. The molecular weight excluding hydrogens is 250 g/mol. The number of aryl methyl sites for hydroxylation is 1. The Kier molecular flexibility index (Phi) is 4.92. The Morgan fingerprint density at radius 3 is 2.30 bits per heavy atom. The molecule has 0 bridgehead atoms. The van der Waals surface area contributed by atoms with Crippen LogP contribution in [0.3, 0.4) is 0 Å². The number of benzene rings is 1. The van der Waals surface area contributed by atoms with Crippen molar-refractivity contribution in [1.29, 1.82) is 0 Å². The van der Waals surface area contributed by atoms with E-state index < -0.39 is 0 Å². The number of hydrogen-bond donors (Lipinski definition) is 1. The third-order valence-electron chi connectivity index (χ3n) is 4.77. The Bertz CT molecular complexity index is 459. The standard InChI is InChI=1S/C17H27NO2/c1-11-7-6-8-13(11)17(18-3)14-10-16(20-5)15(19-4)9-12(14)2/h9-11,13,17-18H,6-8H2,1-5H3. The van der Waals surface area contributed by atoms with Crippen molar-refractivity contribution in [3.63, 3.8) is 0 Å². The van der Waals surface area contributed by atoms with Gasteiger partial charge in [-0.05, 0) is 55.5 Å². The summed E-state index contributed by atoms with van der Waals surface area (Å²) in [5.74, 6) is 3.11. The first kappa shape index (κ1) is 15.2. The summed E-state index contributed by atoms with van der Waals surface area (Å²) < 4.78 is 10.8. The summed E-state index contributed by atoms with van der Waals surface area (Å²) >= 11 is 0. The van der Waals surface area contributed by atoms with Crippen molar-refractivity contribution < 1.29 is 9.47 Å². The highest BCUT2D eigenvalue weighted by atomic mass is 16.5. The van der Waals surface area contributed by atoms with Gasteiger partial charge in [0.15, 0.2) is 11.5 Å². The van der Waals surface area contributed by atoms with E-state index in [-0.39, 0.29) is 0 Å². The van der Waals surface area contributed by atoms with E-state index >= 15 is 0 Å². The van der Waals surface area contributed by atoms with Crippen molar-refractivity contribution >= 4 is 0 Å². The second kappa shape index (κ2) is 6.49. The Morgan fingerprint density at radius 2 is 1.80 bits per heavy atom. The van der Waals surface area contributed by atoms with E-state index in [9.17, 15) is 0 Å². The molecule has 0 heterocycles. The fourth-order valence-corrected chi connectivity index (χ4v) is 3.60. The first-order chi connectivity index (χ1) is 9.62. The molecule has 3 nitrogen and oxygen atoms in total. The molecule has 1 fully saturated rings. The molecule has 1 N–H and O–H groups in total. The molecule has 1 aromatic carbocycles. The molecule has 0 amide bonds. The molecule has 0 saturated heterocycles. The second-order valence-electron chi connectivity index (χ2n) is 5.90. The molecule has 3 atom stereocenters. The number of nitrogens with one attached hydrogen (secondary N) is 1. The van der Waals surface area contributed by atoms with Crippen molar-refractivity contribution in [2.75, 3.05) is 21.3 Å². The zero-order valence-electron chi connectivity index (χ0n) is 13.3. The highest BCUT2D eigenvalue weighted by molar-refractivity contribution is 5.48. The fraction of sp³-hybridized carbons (Fsp3) is 0.647. The van der Waals surface area contributed by atoms with Gasteiger partial charge in [0.2, 0.25) is 0 Å². The zero-order valence-corrected chi connectivity index (χ0v) is 13.3. The summed E-state index contributed by atoms with van der Waals surface area (Å²) in [6, 6.07) is 4.62. The number of rotatable bonds is 5. The SMILES string of the molecule is CNC(c1cc(OC)c(OC)cc1C)C1CCCC1C. The molecule has 0 aromatic heterocycles. The van der Waals surface area contributed by atoms with Gasteiger partial charge in [-0.15, -0.1) is 0 Å². The molecule has 1 aromatic rings. The van der Waals surface area contributed by atoms with Crippen molar-refractivity contribution in [2.24, 2.45) is 11.8 Å². The molecule has 2 rings (SSSR count). The average molecular weight is 277 g/mol. The molecule has 112 valence electrons. The van der Waals surface area contributed by atoms with Gasteiger partial charge in [-0.2, -0.15) is 0 Å². The van der Waals surface area contributed by atoms with Gasteiger partial charge in [0.1, 0.15) is 0 Å². The van der Waals surface area contributed by atoms with Crippen LogP contribution >= 0.6 is 0 Å². The van der Waals surface area contributed by atoms with Crippen LogP contribution in [0.1, 0.15) is 43.4 Å². The summed E-state index contributed by atoms with van der Waals surface area (Å²) in [5.41, 5.74) is 2.60. The summed E-state index contributed by atoms with van der Waals surface area (Å²) in [4.78, 5) is 0. The van der Waals surface area contributed by atoms with Crippen LogP contribution in [0.2, 0.25) is 0 Å². The largest absolute Gasteiger partial charge is 0.493 e. The summed E-state index contributed by atoms with van der Waals surface area (Å²) in [5, 5.41) is 3.52. The Hall–Kier alpha value is -1.22. The maximum Gasteiger partial charge on any atom is 0.161 e. The van der Waals surface area contributed by atoms with E-state index in [4.69, 9.17) is 9.47 Å². The maximum absolute atomic E-state index is 5.46. The minimum Gasteiger partial charge on any atom is -0.493 e. The van der Waals surface area contributed by atoms with Gasteiger partial charge in [0.25, 0.3) is 0 Å². The molecular formula is C17H27NO2. The van der Waals surface area contributed by atoms with Crippen LogP contribution in [0, 0.1) is 18.8 Å². The summed E-state index contributed by atoms with van der Waals surface area (Å²) in [6.07, 6.45) is 3.99. The van der Waals surface area contributed by atoms with Crippen LogP contribution < -0.4 is 14.8 Å². The molecule has 1 aliphatic rings. The predicted octanol–water partition coefficient (Wildman–Crippen LogP) is 3.71. The van der Waals surface area contributed by atoms with E-state index in [0.29, 0.717) is 12.0 Å². The van der Waals surface area contributed by atoms with E-state index in [1.54, 1.807) is 14.2 Å². The lowest BCUT2D eigenvalue weighted by Gasteiger charge is -2.29. The molecule has 1 aliphatic carbocycles. The first-order valence-electron chi connectivity index (χ1n) is 7.52. The number of methoxy groups -OCH3 is 2. The fourth-order valence-electron chi connectivity index (χ4n) is 3.60. The zero-order chi connectivity index (χ0) is 14.7. The third-order valence-corrected chi connectivity index (χ3v) is 4.77. The van der Waals surface area contributed by atoms with Crippen LogP contribution in [0.15, 0.2) is 12.1 Å². The van der Waals surface area contributed by atoms with E-state index in [2.05, 4.69) is 38.3 Å². The normalized spacial score (nSPS) is 23.6. The van der Waals surface area contributed by atoms with Crippen molar-refractivity contribution in [3.8, 4) is 11.5 Å². The van der Waals surface area contributed by atoms with Gasteiger partial charge in [0.05, 0.1) is 14.2 Å². The monoisotopic (exact) mass is 277 g/mol. The molecule has 3 heteroatoms. The smallest absolute Gasteiger partial charge is 0.161 e. The highest BCUT2D eigenvalue weighted by Crippen LogP contribution is 2.42. The van der Waals surface area contributed by atoms with Crippen molar-refractivity contribution in [2.45, 2.75) is 39.2 Å². The molecule has 0 spiro atoms. The van der Waals surface area contributed by atoms with Crippen LogP contribution in [-0.4, -0.2) is 21.3 Å². The Labute approximate surface area is 122 Å². The van der Waals surface area contributed by atoms with Gasteiger partial charge < -0.3 is 14.8 Å². The molecule has 1 saturated carbocycles. The number of hydrogen-bond acceptors (Lipinski definition) is 3. The summed E-state index contributed by atoms with van der Waals surface area (Å²) in [6.45, 7) is 4.53. The first-order valence-corrected chi connectivity index (χ1v) is 7.52. The van der Waals surface area contributed by atoms with E-state index in [1.807, 2.05) is 0 Å². The average Bonchev–Trinajstić information content (AvgIpc) is 2.87. The molecule has 0 radical (unpaired) electrons. The lowest BCUT2D eigenvalue weighted by atomic mass is 9.84. The van der Waals surface area contributed by atoms with Gasteiger partial charge in [-0.1, -0.05) is 19.8 Å². The summed E-state index contributed by atoms with van der Waals surface area (Å²) in [7, 11) is 5.45. The van der Waals surface area contributed by atoms with Crippen molar-refractivity contribution in [3.05, 3.63) is 23.3 Å². The van der Waals surface area contributed by atoms with Gasteiger partial charge >= 0.3 is 0 Å². The Morgan fingerprint density at radius 1 is 1.15 bits per heavy atom. The lowest BCUT2D eigenvalue weighted by Crippen LogP contribution is -2.27. The highest BCUT2D eigenvalue weighted by Gasteiger charge is 2.32.